The number of hydrogen-bond acceptors (Lipinski definition) is 6. The first-order valence-electron chi connectivity index (χ1n) is 9.57. The smallest absolute Gasteiger partial charge is 0.260 e. The van der Waals surface area contributed by atoms with Crippen LogP contribution in [0, 0.1) is 11.8 Å². The van der Waals surface area contributed by atoms with Crippen LogP contribution in [-0.2, 0) is 14.8 Å². The van der Waals surface area contributed by atoms with Gasteiger partial charge in [-0.2, -0.15) is 4.31 Å². The molecule has 1 aromatic heterocycles. The highest BCUT2D eigenvalue weighted by atomic mass is 32.2. The van der Waals surface area contributed by atoms with Gasteiger partial charge in [0, 0.05) is 19.6 Å². The Kier molecular flexibility index (Phi) is 6.19. The highest BCUT2D eigenvalue weighted by Gasteiger charge is 2.32. The van der Waals surface area contributed by atoms with E-state index in [0.29, 0.717) is 42.5 Å². The molecule has 0 spiro atoms. The van der Waals surface area contributed by atoms with Crippen molar-refractivity contribution in [1.82, 2.24) is 24.8 Å². The van der Waals surface area contributed by atoms with Crippen molar-refractivity contribution in [2.24, 2.45) is 11.8 Å². The molecule has 1 aliphatic rings. The first-order valence-corrected chi connectivity index (χ1v) is 11.0. The summed E-state index contributed by atoms with van der Waals surface area (Å²) in [5.41, 5.74) is 0.899. The Morgan fingerprint density at radius 2 is 2.00 bits per heavy atom. The summed E-state index contributed by atoms with van der Waals surface area (Å²) >= 11 is 0. The van der Waals surface area contributed by atoms with Gasteiger partial charge in [-0.25, -0.2) is 8.42 Å². The summed E-state index contributed by atoms with van der Waals surface area (Å²) in [5.74, 6) is 0.365. The molecular formula is C18H27N5O4S. The summed E-state index contributed by atoms with van der Waals surface area (Å²) in [7, 11) is -3.63. The molecule has 28 heavy (non-hydrogen) atoms. The zero-order valence-electron chi connectivity index (χ0n) is 16.5. The molecule has 2 aromatic rings. The summed E-state index contributed by atoms with van der Waals surface area (Å²) in [6.45, 7) is 7.45. The number of sulfonamides is 1. The molecule has 1 N–H and O–H groups in total. The van der Waals surface area contributed by atoms with Crippen LogP contribution in [0.3, 0.4) is 0 Å². The highest BCUT2D eigenvalue weighted by Crippen LogP contribution is 2.27. The summed E-state index contributed by atoms with van der Waals surface area (Å²) in [6.07, 6.45) is 1.85. The van der Waals surface area contributed by atoms with Crippen LogP contribution < -0.4 is 10.2 Å². The number of benzene rings is 1. The molecule has 0 aliphatic carbocycles. The lowest BCUT2D eigenvalue weighted by atomic mass is 9.94. The van der Waals surface area contributed by atoms with Crippen LogP contribution in [0.2, 0.25) is 0 Å². The van der Waals surface area contributed by atoms with Gasteiger partial charge in [-0.1, -0.05) is 25.6 Å². The third-order valence-corrected chi connectivity index (χ3v) is 6.58. The first-order chi connectivity index (χ1) is 13.3. The van der Waals surface area contributed by atoms with Crippen LogP contribution in [0.15, 0.2) is 23.1 Å². The van der Waals surface area contributed by atoms with Crippen molar-refractivity contribution in [3.8, 4) is 0 Å². The monoisotopic (exact) mass is 409 g/mol. The lowest BCUT2D eigenvalue weighted by molar-refractivity contribution is -0.126. The molecular weight excluding hydrogens is 382 g/mol. The van der Waals surface area contributed by atoms with Gasteiger partial charge in [0.15, 0.2) is 6.61 Å². The maximum absolute atomic E-state index is 13.1. The third-order valence-electron chi connectivity index (χ3n) is 4.75. The summed E-state index contributed by atoms with van der Waals surface area (Å²) in [4.78, 5) is 18.4. The van der Waals surface area contributed by atoms with Gasteiger partial charge in [0.2, 0.25) is 10.0 Å². The Balaban J connectivity index is 1.82. The Morgan fingerprint density at radius 1 is 1.29 bits per heavy atom. The van der Waals surface area contributed by atoms with Gasteiger partial charge in [0.05, 0.1) is 4.90 Å². The second-order valence-corrected chi connectivity index (χ2v) is 9.44. The predicted molar refractivity (Wildman–Crippen MR) is 104 cm³/mol. The highest BCUT2D eigenvalue weighted by molar-refractivity contribution is 7.89. The van der Waals surface area contributed by atoms with Gasteiger partial charge in [0.25, 0.3) is 5.91 Å². The Morgan fingerprint density at radius 3 is 2.68 bits per heavy atom. The molecule has 0 saturated carbocycles. The standard InChI is InChI=1S/C18H27N5O4S/c1-4-7-19-18(24)12-27-23-17-9-15(5-6-16(17)20-21-23)28(25,26)22-10-13(2)8-14(3)11-22/h5-6,9,13-14H,4,7-8,10-12H2,1-3H3,(H,19,24)/t13-,14+. The van der Waals surface area contributed by atoms with Gasteiger partial charge in [-0.15, -0.1) is 5.10 Å². The average Bonchev–Trinajstić information content (AvgIpc) is 3.06. The number of nitrogens with one attached hydrogen (secondary N) is 1. The number of fused-ring (bicyclic) bond motifs is 1. The number of amides is 1. The molecule has 2 heterocycles. The van der Waals surface area contributed by atoms with Crippen LogP contribution >= 0.6 is 0 Å². The van der Waals surface area contributed by atoms with Crippen LogP contribution in [0.25, 0.3) is 11.0 Å². The fourth-order valence-electron chi connectivity index (χ4n) is 3.52. The van der Waals surface area contributed by atoms with Gasteiger partial charge in [-0.05, 0) is 48.1 Å². The van der Waals surface area contributed by atoms with Crippen molar-refractivity contribution in [2.45, 2.75) is 38.5 Å². The fourth-order valence-corrected chi connectivity index (χ4v) is 5.22. The second-order valence-electron chi connectivity index (χ2n) is 7.50. The quantitative estimate of drug-likeness (QED) is 0.733. The predicted octanol–water partition coefficient (Wildman–Crippen LogP) is 1.05. The molecule has 0 radical (unpaired) electrons. The largest absolute Gasteiger partial charge is 0.385 e. The number of hydrogen-bond donors (Lipinski definition) is 1. The number of carbonyl (C=O) groups excluding carboxylic acids is 1. The fraction of sp³-hybridized carbons (Fsp3) is 0.611. The topological polar surface area (TPSA) is 106 Å². The molecule has 1 amide bonds. The lowest BCUT2D eigenvalue weighted by Crippen LogP contribution is -2.42. The second kappa shape index (κ2) is 8.44. The van der Waals surface area contributed by atoms with Crippen LogP contribution in [0.4, 0.5) is 0 Å². The first kappa shape index (κ1) is 20.5. The normalized spacial score (nSPS) is 21.0. The van der Waals surface area contributed by atoms with E-state index in [1.54, 1.807) is 10.4 Å². The summed E-state index contributed by atoms with van der Waals surface area (Å²) in [6, 6.07) is 4.64. The van der Waals surface area contributed by atoms with Crippen LogP contribution in [-0.4, -0.2) is 60.0 Å². The van der Waals surface area contributed by atoms with E-state index in [4.69, 9.17) is 4.84 Å². The Hall–Kier alpha value is -2.20. The number of carbonyl (C=O) groups is 1. The Bertz CT molecular complexity index is 933. The van der Waals surface area contributed by atoms with Crippen molar-refractivity contribution >= 4 is 27.0 Å². The van der Waals surface area contributed by atoms with Crippen LogP contribution in [0.1, 0.15) is 33.6 Å². The minimum atomic E-state index is -3.63. The molecule has 2 atom stereocenters. The van der Waals surface area contributed by atoms with Crippen molar-refractivity contribution in [3.05, 3.63) is 18.2 Å². The molecule has 0 unspecified atom stereocenters. The zero-order chi connectivity index (χ0) is 20.3. The zero-order valence-corrected chi connectivity index (χ0v) is 17.3. The van der Waals surface area contributed by atoms with E-state index in [2.05, 4.69) is 29.5 Å². The molecule has 3 rings (SSSR count). The Labute approximate surface area is 165 Å². The van der Waals surface area contributed by atoms with E-state index in [-0.39, 0.29) is 17.4 Å². The molecule has 1 aromatic carbocycles. The minimum absolute atomic E-state index is 0.170. The van der Waals surface area contributed by atoms with Crippen LogP contribution in [0.5, 0.6) is 0 Å². The van der Waals surface area contributed by atoms with Gasteiger partial charge < -0.3 is 10.2 Å². The van der Waals surface area contributed by atoms with Crippen molar-refractivity contribution in [1.29, 1.82) is 0 Å². The molecule has 1 saturated heterocycles. The molecule has 1 fully saturated rings. The van der Waals surface area contributed by atoms with E-state index < -0.39 is 10.0 Å². The molecule has 1 aliphatic heterocycles. The van der Waals surface area contributed by atoms with E-state index in [9.17, 15) is 13.2 Å². The minimum Gasteiger partial charge on any atom is -0.385 e. The lowest BCUT2D eigenvalue weighted by Gasteiger charge is -2.34. The maximum Gasteiger partial charge on any atom is 0.260 e. The summed E-state index contributed by atoms with van der Waals surface area (Å²) < 4.78 is 27.8. The number of piperidine rings is 1. The van der Waals surface area contributed by atoms with Gasteiger partial charge in [0.1, 0.15) is 11.0 Å². The maximum atomic E-state index is 13.1. The summed E-state index contributed by atoms with van der Waals surface area (Å²) in [5, 5.41) is 10.5. The molecule has 10 heteroatoms. The van der Waals surface area contributed by atoms with Crippen molar-refractivity contribution in [2.75, 3.05) is 26.2 Å². The molecule has 154 valence electrons. The van der Waals surface area contributed by atoms with E-state index in [0.717, 1.165) is 17.7 Å². The average molecular weight is 410 g/mol. The van der Waals surface area contributed by atoms with E-state index in [1.807, 2.05) is 6.92 Å². The van der Waals surface area contributed by atoms with Crippen molar-refractivity contribution in [3.63, 3.8) is 0 Å². The van der Waals surface area contributed by atoms with E-state index in [1.165, 1.54) is 12.1 Å². The number of aromatic nitrogens is 3. The van der Waals surface area contributed by atoms with Gasteiger partial charge in [-0.3, -0.25) is 4.79 Å². The van der Waals surface area contributed by atoms with E-state index >= 15 is 0 Å². The molecule has 0 bridgehead atoms. The van der Waals surface area contributed by atoms with Crippen molar-refractivity contribution < 1.29 is 18.0 Å². The molecule has 9 nitrogen and oxygen atoms in total. The number of nitrogens with zero attached hydrogens (tertiary/aromatic N) is 4. The number of rotatable bonds is 7. The van der Waals surface area contributed by atoms with Gasteiger partial charge >= 0.3 is 0 Å². The SMILES string of the molecule is CCCNC(=O)COn1nnc2ccc(S(=O)(=O)N3C[C@H](C)C[C@H](C)C3)cc21. The third kappa shape index (κ3) is 4.44.